The van der Waals surface area contributed by atoms with Gasteiger partial charge in [-0.05, 0) is 22.6 Å². The maximum absolute atomic E-state index is 5.58. The van der Waals surface area contributed by atoms with Gasteiger partial charge in [0.1, 0.15) is 0 Å². The highest BCUT2D eigenvalue weighted by Gasteiger charge is 2.04. The summed E-state index contributed by atoms with van der Waals surface area (Å²) in [6.07, 6.45) is 5.58. The minimum absolute atomic E-state index is 1.03. The van der Waals surface area contributed by atoms with Crippen molar-refractivity contribution in [1.29, 1.82) is 0 Å². The smallest absolute Gasteiger partial charge is 0.0456 e. The maximum Gasteiger partial charge on any atom is 0.0456 e. The van der Waals surface area contributed by atoms with Crippen LogP contribution in [0.4, 0.5) is 0 Å². The van der Waals surface area contributed by atoms with Crippen molar-refractivity contribution in [3.63, 3.8) is 0 Å². The lowest BCUT2D eigenvalue weighted by molar-refractivity contribution is 1.43. The van der Waals surface area contributed by atoms with E-state index in [4.69, 9.17) is 6.42 Å². The van der Waals surface area contributed by atoms with Gasteiger partial charge in [-0.3, -0.25) is 0 Å². The summed E-state index contributed by atoms with van der Waals surface area (Å²) >= 11 is 1.80. The van der Waals surface area contributed by atoms with E-state index in [2.05, 4.69) is 37.1 Å². The second kappa shape index (κ2) is 4.42. The molecule has 2 aromatic carbocycles. The second-order valence-corrected chi connectivity index (χ2v) is 4.54. The molecule has 0 fully saturated rings. The topological polar surface area (TPSA) is 0 Å². The summed E-state index contributed by atoms with van der Waals surface area (Å²) in [6.45, 7) is 2.14. The van der Waals surface area contributed by atoms with Crippen LogP contribution in [0, 0.1) is 12.3 Å². The average molecular weight is 212 g/mol. The van der Waals surface area contributed by atoms with Crippen molar-refractivity contribution in [3.8, 4) is 12.3 Å². The molecule has 0 aliphatic carbocycles. The third-order valence-corrected chi connectivity index (χ3v) is 3.27. The van der Waals surface area contributed by atoms with E-state index in [1.165, 1.54) is 15.7 Å². The molecule has 74 valence electrons. The molecule has 0 saturated heterocycles. The standard InChI is InChI=1S/C14H12S/c1-3-12-13-8-6-5-7-11(13)9-10-14(12)15-4-2/h1,5-10H,4H2,2H3. The van der Waals surface area contributed by atoms with E-state index >= 15 is 0 Å². The van der Waals surface area contributed by atoms with Crippen LogP contribution in [0.1, 0.15) is 12.5 Å². The molecule has 0 heterocycles. The summed E-state index contributed by atoms with van der Waals surface area (Å²) in [6, 6.07) is 12.5. The molecule has 0 spiro atoms. The van der Waals surface area contributed by atoms with Gasteiger partial charge in [0.05, 0.1) is 0 Å². The van der Waals surface area contributed by atoms with Crippen molar-refractivity contribution < 1.29 is 0 Å². The molecule has 15 heavy (non-hydrogen) atoms. The Morgan fingerprint density at radius 1 is 1.20 bits per heavy atom. The molecule has 0 bridgehead atoms. The predicted octanol–water partition coefficient (Wildman–Crippen LogP) is 3.93. The molecule has 2 aromatic rings. The van der Waals surface area contributed by atoms with Gasteiger partial charge >= 0.3 is 0 Å². The second-order valence-electron chi connectivity index (χ2n) is 3.24. The molecule has 1 heteroatoms. The Labute approximate surface area is 94.7 Å². The van der Waals surface area contributed by atoms with Crippen LogP contribution in [0.15, 0.2) is 41.3 Å². The fourth-order valence-corrected chi connectivity index (χ4v) is 2.46. The monoisotopic (exact) mass is 212 g/mol. The molecular formula is C14H12S. The quantitative estimate of drug-likeness (QED) is 0.537. The van der Waals surface area contributed by atoms with Crippen LogP contribution in [0.5, 0.6) is 0 Å². The number of terminal acetylenes is 1. The highest BCUT2D eigenvalue weighted by Crippen LogP contribution is 2.28. The van der Waals surface area contributed by atoms with Gasteiger partial charge in [-0.25, -0.2) is 0 Å². The largest absolute Gasteiger partial charge is 0.125 e. The molecule has 0 atom stereocenters. The van der Waals surface area contributed by atoms with Crippen LogP contribution in [0.2, 0.25) is 0 Å². The Bertz CT molecular complexity index is 520. The fraction of sp³-hybridized carbons (Fsp3) is 0.143. The van der Waals surface area contributed by atoms with E-state index in [1.54, 1.807) is 11.8 Å². The first kappa shape index (κ1) is 10.1. The van der Waals surface area contributed by atoms with Crippen molar-refractivity contribution in [2.45, 2.75) is 11.8 Å². The molecule has 0 nitrogen and oxygen atoms in total. The van der Waals surface area contributed by atoms with Crippen molar-refractivity contribution in [2.24, 2.45) is 0 Å². The number of benzene rings is 2. The Morgan fingerprint density at radius 3 is 2.73 bits per heavy atom. The SMILES string of the molecule is C#Cc1c(SCC)ccc2ccccc12. The zero-order chi connectivity index (χ0) is 10.7. The molecule has 0 aliphatic heterocycles. The lowest BCUT2D eigenvalue weighted by atomic mass is 10.1. The van der Waals surface area contributed by atoms with Crippen LogP contribution >= 0.6 is 11.8 Å². The van der Waals surface area contributed by atoms with Gasteiger partial charge in [0.2, 0.25) is 0 Å². The van der Waals surface area contributed by atoms with Crippen molar-refractivity contribution in [2.75, 3.05) is 5.75 Å². The van der Waals surface area contributed by atoms with Gasteiger partial charge < -0.3 is 0 Å². The average Bonchev–Trinajstić information content (AvgIpc) is 2.29. The zero-order valence-corrected chi connectivity index (χ0v) is 9.47. The molecule has 2 rings (SSSR count). The zero-order valence-electron chi connectivity index (χ0n) is 8.66. The highest BCUT2D eigenvalue weighted by atomic mass is 32.2. The predicted molar refractivity (Wildman–Crippen MR) is 68.3 cm³/mol. The van der Waals surface area contributed by atoms with Crippen LogP contribution in [0.25, 0.3) is 10.8 Å². The minimum atomic E-state index is 1.03. The van der Waals surface area contributed by atoms with Crippen molar-refractivity contribution in [3.05, 3.63) is 42.0 Å². The van der Waals surface area contributed by atoms with Crippen molar-refractivity contribution >= 4 is 22.5 Å². The van der Waals surface area contributed by atoms with E-state index in [9.17, 15) is 0 Å². The Morgan fingerprint density at radius 2 is 2.00 bits per heavy atom. The first-order valence-electron chi connectivity index (χ1n) is 4.98. The van der Waals surface area contributed by atoms with Gasteiger partial charge in [0, 0.05) is 10.5 Å². The number of hydrogen-bond donors (Lipinski definition) is 0. The highest BCUT2D eigenvalue weighted by molar-refractivity contribution is 7.99. The number of rotatable bonds is 2. The van der Waals surface area contributed by atoms with Gasteiger partial charge in [-0.2, -0.15) is 0 Å². The van der Waals surface area contributed by atoms with E-state index in [0.717, 1.165) is 11.3 Å². The molecule has 0 aliphatic rings. The Kier molecular flexibility index (Phi) is 2.99. The molecule has 0 aromatic heterocycles. The first-order valence-corrected chi connectivity index (χ1v) is 5.96. The minimum Gasteiger partial charge on any atom is -0.125 e. The number of fused-ring (bicyclic) bond motifs is 1. The van der Waals surface area contributed by atoms with E-state index in [0.29, 0.717) is 0 Å². The van der Waals surface area contributed by atoms with E-state index < -0.39 is 0 Å². The molecular weight excluding hydrogens is 200 g/mol. The van der Waals surface area contributed by atoms with Crippen LogP contribution < -0.4 is 0 Å². The fourth-order valence-electron chi connectivity index (χ4n) is 1.68. The lowest BCUT2D eigenvalue weighted by Crippen LogP contribution is -1.84. The van der Waals surface area contributed by atoms with E-state index in [-0.39, 0.29) is 0 Å². The summed E-state index contributed by atoms with van der Waals surface area (Å²) in [7, 11) is 0. The number of thioether (sulfide) groups is 1. The van der Waals surface area contributed by atoms with Crippen LogP contribution in [0.3, 0.4) is 0 Å². The summed E-state index contributed by atoms with van der Waals surface area (Å²) in [5.41, 5.74) is 1.03. The first-order chi connectivity index (χ1) is 7.36. The Hall–Kier alpha value is -1.39. The van der Waals surface area contributed by atoms with Gasteiger partial charge in [-0.1, -0.05) is 43.2 Å². The molecule has 0 amide bonds. The summed E-state index contributed by atoms with van der Waals surface area (Å²) in [4.78, 5) is 1.21. The third kappa shape index (κ3) is 1.86. The maximum atomic E-state index is 5.58. The van der Waals surface area contributed by atoms with E-state index in [1.807, 2.05) is 12.1 Å². The van der Waals surface area contributed by atoms with Gasteiger partial charge in [0.25, 0.3) is 0 Å². The normalized spacial score (nSPS) is 10.1. The van der Waals surface area contributed by atoms with Crippen molar-refractivity contribution in [1.82, 2.24) is 0 Å². The molecule has 0 radical (unpaired) electrons. The molecule has 0 N–H and O–H groups in total. The summed E-state index contributed by atoms with van der Waals surface area (Å²) in [5, 5.41) is 2.39. The van der Waals surface area contributed by atoms with Gasteiger partial charge in [0.15, 0.2) is 0 Å². The lowest BCUT2D eigenvalue weighted by Gasteiger charge is -2.06. The molecule has 0 unspecified atom stereocenters. The Balaban J connectivity index is 2.71. The van der Waals surface area contributed by atoms with Gasteiger partial charge in [-0.15, -0.1) is 18.2 Å². The number of hydrogen-bond acceptors (Lipinski definition) is 1. The van der Waals surface area contributed by atoms with Crippen LogP contribution in [-0.4, -0.2) is 5.75 Å². The summed E-state index contributed by atoms with van der Waals surface area (Å²) in [5.74, 6) is 3.85. The molecule has 0 saturated carbocycles. The van der Waals surface area contributed by atoms with Crippen LogP contribution in [-0.2, 0) is 0 Å². The third-order valence-electron chi connectivity index (χ3n) is 2.33. The summed E-state index contributed by atoms with van der Waals surface area (Å²) < 4.78 is 0.